The number of hydrogen-bond donors (Lipinski definition) is 3. The SMILES string of the molecule is CC.N=C(c1ccc(N2CC3(COCCN3)C2)nc1)c1cc(OCc2c(Cl)cncc2Cl)ccc1N. The third-order valence-electron chi connectivity index (χ3n) is 6.10. The van der Waals surface area contributed by atoms with E-state index in [4.69, 9.17) is 43.8 Å². The summed E-state index contributed by atoms with van der Waals surface area (Å²) in [6.07, 6.45) is 4.75. The fourth-order valence-corrected chi connectivity index (χ4v) is 4.68. The molecule has 36 heavy (non-hydrogen) atoms. The fourth-order valence-electron chi connectivity index (χ4n) is 4.21. The van der Waals surface area contributed by atoms with Gasteiger partial charge >= 0.3 is 0 Å². The molecule has 190 valence electrons. The van der Waals surface area contributed by atoms with Crippen molar-refractivity contribution in [2.24, 2.45) is 0 Å². The van der Waals surface area contributed by atoms with E-state index in [2.05, 4.69) is 20.2 Å². The second-order valence-electron chi connectivity index (χ2n) is 8.52. The van der Waals surface area contributed by atoms with Crippen LogP contribution in [-0.2, 0) is 11.3 Å². The number of benzene rings is 1. The second-order valence-corrected chi connectivity index (χ2v) is 9.33. The van der Waals surface area contributed by atoms with E-state index in [1.54, 1.807) is 24.4 Å². The van der Waals surface area contributed by atoms with Gasteiger partial charge in [-0.1, -0.05) is 37.0 Å². The summed E-state index contributed by atoms with van der Waals surface area (Å²) in [5.41, 5.74) is 8.84. The maximum atomic E-state index is 8.70. The van der Waals surface area contributed by atoms with Crippen molar-refractivity contribution in [2.75, 3.05) is 43.5 Å². The topological polar surface area (TPSA) is 109 Å². The molecule has 1 aromatic carbocycles. The van der Waals surface area contributed by atoms with Crippen LogP contribution in [0.4, 0.5) is 11.5 Å². The zero-order chi connectivity index (χ0) is 25.7. The Hall–Kier alpha value is -2.91. The minimum absolute atomic E-state index is 0.0327. The molecule has 2 aromatic heterocycles. The van der Waals surface area contributed by atoms with Crippen molar-refractivity contribution < 1.29 is 9.47 Å². The van der Waals surface area contributed by atoms with E-state index in [-0.39, 0.29) is 17.9 Å². The summed E-state index contributed by atoms with van der Waals surface area (Å²) >= 11 is 12.3. The number of nitrogens with zero attached hydrogens (tertiary/aromatic N) is 3. The summed E-state index contributed by atoms with van der Waals surface area (Å²) in [6.45, 7) is 8.25. The van der Waals surface area contributed by atoms with E-state index in [0.717, 1.165) is 38.7 Å². The highest BCUT2D eigenvalue weighted by atomic mass is 35.5. The van der Waals surface area contributed by atoms with Gasteiger partial charge in [-0.3, -0.25) is 10.4 Å². The molecule has 2 saturated heterocycles. The van der Waals surface area contributed by atoms with Crippen molar-refractivity contribution in [3.05, 3.63) is 75.7 Å². The van der Waals surface area contributed by atoms with Crippen molar-refractivity contribution in [3.8, 4) is 5.75 Å². The number of pyridine rings is 2. The first kappa shape index (κ1) is 26.2. The van der Waals surface area contributed by atoms with E-state index in [1.165, 1.54) is 12.4 Å². The first-order valence-corrected chi connectivity index (χ1v) is 12.6. The quantitative estimate of drug-likeness (QED) is 0.317. The van der Waals surface area contributed by atoms with E-state index < -0.39 is 0 Å². The molecule has 2 aliphatic rings. The number of hydrogen-bond acceptors (Lipinski definition) is 8. The molecule has 5 rings (SSSR count). The van der Waals surface area contributed by atoms with Crippen LogP contribution in [0.2, 0.25) is 10.0 Å². The fraction of sp³-hybridized carbons (Fsp3) is 0.346. The van der Waals surface area contributed by atoms with E-state index in [1.807, 2.05) is 26.0 Å². The Balaban J connectivity index is 0.00000148. The smallest absolute Gasteiger partial charge is 0.128 e. The van der Waals surface area contributed by atoms with Gasteiger partial charge in [0, 0.05) is 60.6 Å². The average molecular weight is 529 g/mol. The lowest BCUT2D eigenvalue weighted by atomic mass is 9.89. The summed E-state index contributed by atoms with van der Waals surface area (Å²) in [6, 6.07) is 9.03. The normalized spacial score (nSPS) is 16.1. The molecule has 0 atom stereocenters. The van der Waals surface area contributed by atoms with Crippen LogP contribution < -0.4 is 20.7 Å². The maximum absolute atomic E-state index is 8.70. The number of nitrogens with two attached hydrogens (primary N) is 1. The lowest BCUT2D eigenvalue weighted by Gasteiger charge is -2.52. The number of morpholine rings is 1. The lowest BCUT2D eigenvalue weighted by Crippen LogP contribution is -2.73. The molecule has 0 bridgehead atoms. The monoisotopic (exact) mass is 528 g/mol. The van der Waals surface area contributed by atoms with Crippen molar-refractivity contribution in [2.45, 2.75) is 26.0 Å². The number of nitrogen functional groups attached to an aromatic ring is 1. The maximum Gasteiger partial charge on any atom is 0.128 e. The molecule has 1 spiro atoms. The highest BCUT2D eigenvalue weighted by Crippen LogP contribution is 2.30. The van der Waals surface area contributed by atoms with Crippen LogP contribution in [-0.4, -0.2) is 54.1 Å². The Bertz CT molecular complexity index is 1190. The molecule has 4 N–H and O–H groups in total. The van der Waals surface area contributed by atoms with Crippen LogP contribution >= 0.6 is 23.2 Å². The summed E-state index contributed by atoms with van der Waals surface area (Å²) in [4.78, 5) is 10.7. The van der Waals surface area contributed by atoms with Crippen molar-refractivity contribution >= 4 is 40.4 Å². The van der Waals surface area contributed by atoms with E-state index in [9.17, 15) is 0 Å². The molecule has 2 aliphatic heterocycles. The molecule has 0 radical (unpaired) electrons. The van der Waals surface area contributed by atoms with Gasteiger partial charge in [0.1, 0.15) is 18.2 Å². The second kappa shape index (κ2) is 11.4. The summed E-state index contributed by atoms with van der Waals surface area (Å²) in [5.74, 6) is 1.43. The Morgan fingerprint density at radius 1 is 1.17 bits per heavy atom. The van der Waals surface area contributed by atoms with Gasteiger partial charge in [-0.15, -0.1) is 0 Å². The summed E-state index contributed by atoms with van der Waals surface area (Å²) < 4.78 is 11.5. The number of rotatable bonds is 6. The van der Waals surface area contributed by atoms with Gasteiger partial charge < -0.3 is 25.4 Å². The number of anilines is 2. The van der Waals surface area contributed by atoms with Crippen LogP contribution in [0.3, 0.4) is 0 Å². The van der Waals surface area contributed by atoms with E-state index in [0.29, 0.717) is 38.2 Å². The van der Waals surface area contributed by atoms with Gasteiger partial charge in [-0.2, -0.15) is 0 Å². The Kier molecular flexibility index (Phi) is 8.31. The van der Waals surface area contributed by atoms with Gasteiger partial charge in [-0.25, -0.2) is 4.98 Å². The molecule has 0 aliphatic carbocycles. The number of aromatic nitrogens is 2. The molecular weight excluding hydrogens is 499 g/mol. The van der Waals surface area contributed by atoms with Crippen LogP contribution in [0.25, 0.3) is 0 Å². The largest absolute Gasteiger partial charge is 0.489 e. The van der Waals surface area contributed by atoms with Crippen LogP contribution in [0.15, 0.2) is 48.9 Å². The number of nitrogens with one attached hydrogen (secondary N) is 2. The predicted molar refractivity (Wildman–Crippen MR) is 145 cm³/mol. The number of halogens is 2. The van der Waals surface area contributed by atoms with Crippen LogP contribution in [0.5, 0.6) is 5.75 Å². The van der Waals surface area contributed by atoms with Gasteiger partial charge in [-0.05, 0) is 30.3 Å². The Morgan fingerprint density at radius 3 is 2.56 bits per heavy atom. The van der Waals surface area contributed by atoms with Crippen molar-refractivity contribution in [3.63, 3.8) is 0 Å². The first-order chi connectivity index (χ1) is 17.4. The molecule has 0 unspecified atom stereocenters. The molecular formula is C26H30Cl2N6O2. The first-order valence-electron chi connectivity index (χ1n) is 11.9. The van der Waals surface area contributed by atoms with Crippen LogP contribution in [0, 0.1) is 5.41 Å². The molecule has 3 aromatic rings. The lowest BCUT2D eigenvalue weighted by molar-refractivity contribution is 0.0135. The molecule has 4 heterocycles. The average Bonchev–Trinajstić information content (AvgIpc) is 2.89. The highest BCUT2D eigenvalue weighted by molar-refractivity contribution is 6.35. The minimum Gasteiger partial charge on any atom is -0.489 e. The summed E-state index contributed by atoms with van der Waals surface area (Å²) in [5, 5.41) is 13.1. The zero-order valence-corrected chi connectivity index (χ0v) is 21.9. The van der Waals surface area contributed by atoms with Gasteiger partial charge in [0.05, 0.1) is 34.5 Å². The summed E-state index contributed by atoms with van der Waals surface area (Å²) in [7, 11) is 0. The van der Waals surface area contributed by atoms with Crippen LogP contribution in [0.1, 0.15) is 30.5 Å². The predicted octanol–water partition coefficient (Wildman–Crippen LogP) is 4.57. The Morgan fingerprint density at radius 2 is 1.92 bits per heavy atom. The van der Waals surface area contributed by atoms with Gasteiger partial charge in [0.25, 0.3) is 0 Å². The molecule has 10 heteroatoms. The molecule has 2 fully saturated rings. The van der Waals surface area contributed by atoms with Gasteiger partial charge in [0.2, 0.25) is 0 Å². The molecule has 0 amide bonds. The van der Waals surface area contributed by atoms with Crippen molar-refractivity contribution in [1.29, 1.82) is 5.41 Å². The Labute approximate surface area is 221 Å². The van der Waals surface area contributed by atoms with E-state index >= 15 is 0 Å². The third kappa shape index (κ3) is 5.57. The van der Waals surface area contributed by atoms with Gasteiger partial charge in [0.15, 0.2) is 0 Å². The molecule has 8 nitrogen and oxygen atoms in total. The highest BCUT2D eigenvalue weighted by Gasteiger charge is 2.44. The number of ether oxygens (including phenoxy) is 2. The minimum atomic E-state index is 0.0327. The zero-order valence-electron chi connectivity index (χ0n) is 20.4. The molecule has 0 saturated carbocycles. The van der Waals surface area contributed by atoms with Crippen molar-refractivity contribution in [1.82, 2.24) is 15.3 Å². The standard InChI is InChI=1S/C24H24Cl2N6O2.C2H6/c25-19-9-29-10-20(26)18(19)11-34-16-2-3-21(27)17(7-16)23(28)15-1-4-22(30-8-15)32-12-24(13-32)14-33-6-5-31-24;1-2/h1-4,7-10,28,31H,5-6,11-14,27H2;1-2H3. The third-order valence-corrected chi connectivity index (χ3v) is 6.75.